The predicted molar refractivity (Wildman–Crippen MR) is 107 cm³/mol. The maximum atomic E-state index is 12.9. The number of imide groups is 1. The number of likely N-dealkylation sites (tertiary alicyclic amines) is 1. The summed E-state index contributed by atoms with van der Waals surface area (Å²) in [7, 11) is 0. The van der Waals surface area contributed by atoms with E-state index in [0.29, 0.717) is 17.4 Å². The molecule has 2 saturated carbocycles. The summed E-state index contributed by atoms with van der Waals surface area (Å²) in [6.07, 6.45) is 5.28. The minimum Gasteiger partial charge on any atom is -0.457 e. The Morgan fingerprint density at radius 2 is 1.63 bits per heavy atom. The lowest BCUT2D eigenvalue weighted by atomic mass is 9.63. The van der Waals surface area contributed by atoms with Crippen molar-refractivity contribution in [2.45, 2.75) is 26.7 Å². The molecule has 1 saturated heterocycles. The third-order valence-corrected chi connectivity index (χ3v) is 7.49. The summed E-state index contributed by atoms with van der Waals surface area (Å²) in [5.74, 6) is -0.180. The fraction of sp³-hybridized carbons (Fsp3) is 0.500. The van der Waals surface area contributed by atoms with E-state index in [2.05, 4.69) is 12.2 Å². The number of hydrogen-bond acceptors (Lipinski definition) is 5. The Balaban J connectivity index is 1.15. The largest absolute Gasteiger partial charge is 0.457 e. The molecule has 1 aliphatic heterocycles. The number of benzene rings is 1. The lowest BCUT2D eigenvalue weighted by Crippen LogP contribution is -2.40. The molecule has 0 radical (unpaired) electrons. The zero-order chi connectivity index (χ0) is 21.2. The van der Waals surface area contributed by atoms with Crippen molar-refractivity contribution in [1.29, 1.82) is 0 Å². The van der Waals surface area contributed by atoms with Gasteiger partial charge in [0.2, 0.25) is 11.8 Å². The van der Waals surface area contributed by atoms with Crippen LogP contribution in [0.3, 0.4) is 0 Å². The number of carbonyl (C=O) groups excluding carboxylic acids is 4. The van der Waals surface area contributed by atoms with Crippen molar-refractivity contribution in [3.05, 3.63) is 47.0 Å². The van der Waals surface area contributed by atoms with Crippen LogP contribution in [0.1, 0.15) is 34.3 Å². The summed E-state index contributed by atoms with van der Waals surface area (Å²) in [4.78, 5) is 51.4. The SMILES string of the molecule is Cc1ccc(C(=O)COC(=O)CCN2C(=O)[C@@H]3[C@H]4C=C[C@@H]([C@@H]5C[C@@H]45)[C@@H]3C2=O)cc1C. The summed E-state index contributed by atoms with van der Waals surface area (Å²) in [6.45, 7) is 3.57. The second-order valence-electron chi connectivity index (χ2n) is 9.12. The van der Waals surface area contributed by atoms with Crippen LogP contribution in [0.2, 0.25) is 0 Å². The summed E-state index contributed by atoms with van der Waals surface area (Å²) in [6, 6.07) is 5.36. The molecule has 0 N–H and O–H groups in total. The van der Waals surface area contributed by atoms with E-state index in [4.69, 9.17) is 4.74 Å². The fourth-order valence-corrected chi connectivity index (χ4v) is 5.66. The van der Waals surface area contributed by atoms with E-state index in [1.165, 1.54) is 4.90 Å². The number of esters is 1. The molecule has 2 amide bonds. The summed E-state index contributed by atoms with van der Waals surface area (Å²) in [5.41, 5.74) is 2.59. The van der Waals surface area contributed by atoms with Crippen LogP contribution in [0.15, 0.2) is 30.4 Å². The van der Waals surface area contributed by atoms with Crippen molar-refractivity contribution in [2.75, 3.05) is 13.2 Å². The molecule has 0 aromatic heterocycles. The average Bonchev–Trinajstić information content (AvgIpc) is 3.51. The van der Waals surface area contributed by atoms with Gasteiger partial charge in [0.1, 0.15) is 0 Å². The van der Waals surface area contributed by atoms with Gasteiger partial charge in [-0.2, -0.15) is 0 Å². The highest BCUT2D eigenvalue weighted by atomic mass is 16.5. The van der Waals surface area contributed by atoms with Crippen LogP contribution in [0.25, 0.3) is 0 Å². The predicted octanol–water partition coefficient (Wildman–Crippen LogP) is 2.47. The molecule has 4 aliphatic carbocycles. The van der Waals surface area contributed by atoms with Crippen molar-refractivity contribution in [3.8, 4) is 0 Å². The zero-order valence-electron chi connectivity index (χ0n) is 17.2. The second kappa shape index (κ2) is 6.89. The maximum absolute atomic E-state index is 12.9. The Morgan fingerprint density at radius 1 is 1.00 bits per heavy atom. The van der Waals surface area contributed by atoms with Crippen LogP contribution in [0, 0.1) is 49.4 Å². The van der Waals surface area contributed by atoms with Gasteiger partial charge in [0, 0.05) is 12.1 Å². The summed E-state index contributed by atoms with van der Waals surface area (Å²) in [5, 5.41) is 0. The molecule has 6 heteroatoms. The first-order valence-corrected chi connectivity index (χ1v) is 10.7. The molecule has 1 aromatic carbocycles. The van der Waals surface area contributed by atoms with Crippen LogP contribution in [0.5, 0.6) is 0 Å². The van der Waals surface area contributed by atoms with Gasteiger partial charge in [-0.05, 0) is 61.1 Å². The van der Waals surface area contributed by atoms with Gasteiger partial charge >= 0.3 is 5.97 Å². The number of nitrogens with zero attached hydrogens (tertiary/aromatic N) is 1. The van der Waals surface area contributed by atoms with E-state index in [-0.39, 0.29) is 60.8 Å². The average molecular weight is 407 g/mol. The molecule has 1 aromatic rings. The van der Waals surface area contributed by atoms with E-state index < -0.39 is 5.97 Å². The molecular weight excluding hydrogens is 382 g/mol. The smallest absolute Gasteiger partial charge is 0.308 e. The second-order valence-corrected chi connectivity index (χ2v) is 9.12. The Bertz CT molecular complexity index is 959. The first-order chi connectivity index (χ1) is 14.4. The fourth-order valence-electron chi connectivity index (χ4n) is 5.66. The quantitative estimate of drug-likeness (QED) is 0.313. The number of ketones is 1. The number of aryl methyl sites for hydroxylation is 2. The van der Waals surface area contributed by atoms with Crippen LogP contribution in [0.4, 0.5) is 0 Å². The Hall–Kier alpha value is -2.76. The number of amides is 2. The van der Waals surface area contributed by atoms with Crippen LogP contribution < -0.4 is 0 Å². The van der Waals surface area contributed by atoms with Gasteiger partial charge in [0.05, 0.1) is 18.3 Å². The number of ether oxygens (including phenoxy) is 1. The molecule has 0 spiro atoms. The van der Waals surface area contributed by atoms with Gasteiger partial charge in [0.15, 0.2) is 12.4 Å². The molecule has 1 heterocycles. The van der Waals surface area contributed by atoms with Crippen molar-refractivity contribution >= 4 is 23.6 Å². The molecule has 5 aliphatic rings. The number of rotatable bonds is 6. The van der Waals surface area contributed by atoms with Gasteiger partial charge < -0.3 is 4.74 Å². The Kier molecular flexibility index (Phi) is 4.42. The zero-order valence-corrected chi connectivity index (χ0v) is 17.2. The van der Waals surface area contributed by atoms with Gasteiger partial charge in [-0.1, -0.05) is 24.3 Å². The standard InChI is InChI=1S/C24H25NO5/c1-12-3-4-14(9-13(12)2)19(26)11-30-20(27)7-8-25-23(28)21-15-5-6-16(18-10-17(15)18)22(21)24(25)29/h3-6,9,15-18,21-22H,7-8,10-11H2,1-2H3/t15-,16-,17-,18-,21-,22+/m0/s1. The summed E-state index contributed by atoms with van der Waals surface area (Å²) >= 11 is 0. The van der Waals surface area contributed by atoms with Gasteiger partial charge in [0.25, 0.3) is 0 Å². The minimum atomic E-state index is -0.577. The molecule has 30 heavy (non-hydrogen) atoms. The minimum absolute atomic E-state index is 0.0239. The highest BCUT2D eigenvalue weighted by Crippen LogP contribution is 2.65. The Labute approximate surface area is 175 Å². The molecular formula is C24H25NO5. The van der Waals surface area contributed by atoms with E-state index in [9.17, 15) is 19.2 Å². The van der Waals surface area contributed by atoms with E-state index in [1.807, 2.05) is 19.9 Å². The molecule has 3 fully saturated rings. The third-order valence-electron chi connectivity index (χ3n) is 7.49. The highest BCUT2D eigenvalue weighted by Gasteiger charge is 2.66. The van der Waals surface area contributed by atoms with Gasteiger partial charge in [-0.25, -0.2) is 0 Å². The van der Waals surface area contributed by atoms with Gasteiger partial charge in [-0.3, -0.25) is 24.1 Å². The van der Waals surface area contributed by atoms with Crippen molar-refractivity contribution in [2.24, 2.45) is 35.5 Å². The number of allylic oxidation sites excluding steroid dienone is 2. The van der Waals surface area contributed by atoms with Crippen LogP contribution >= 0.6 is 0 Å². The number of hydrogen-bond donors (Lipinski definition) is 0. The molecule has 6 rings (SSSR count). The summed E-state index contributed by atoms with van der Waals surface area (Å²) < 4.78 is 5.11. The number of carbonyl (C=O) groups is 4. The molecule has 0 unspecified atom stereocenters. The van der Waals surface area contributed by atoms with Crippen molar-refractivity contribution in [1.82, 2.24) is 4.90 Å². The highest BCUT2D eigenvalue weighted by molar-refractivity contribution is 6.06. The first-order valence-electron chi connectivity index (χ1n) is 10.7. The maximum Gasteiger partial charge on any atom is 0.308 e. The van der Waals surface area contributed by atoms with E-state index in [1.54, 1.807) is 12.1 Å². The lowest BCUT2D eigenvalue weighted by molar-refractivity contribution is -0.145. The number of Topliss-reactive ketones (excluding diaryl/α,β-unsaturated/α-hetero) is 1. The molecule has 156 valence electrons. The monoisotopic (exact) mass is 407 g/mol. The van der Waals surface area contributed by atoms with Crippen molar-refractivity contribution < 1.29 is 23.9 Å². The Morgan fingerprint density at radius 3 is 2.23 bits per heavy atom. The van der Waals surface area contributed by atoms with Crippen LogP contribution in [-0.2, 0) is 19.1 Å². The topological polar surface area (TPSA) is 80.8 Å². The third kappa shape index (κ3) is 2.92. The normalized spacial score (nSPS) is 32.8. The molecule has 6 atom stereocenters. The lowest BCUT2D eigenvalue weighted by Gasteiger charge is -2.37. The van der Waals surface area contributed by atoms with E-state index >= 15 is 0 Å². The van der Waals surface area contributed by atoms with E-state index in [0.717, 1.165) is 17.5 Å². The first kappa shape index (κ1) is 19.2. The van der Waals surface area contributed by atoms with Crippen LogP contribution in [-0.4, -0.2) is 41.6 Å². The molecule has 2 bridgehead atoms. The van der Waals surface area contributed by atoms with Gasteiger partial charge in [-0.15, -0.1) is 0 Å². The van der Waals surface area contributed by atoms with Crippen molar-refractivity contribution in [3.63, 3.8) is 0 Å². The molecule has 6 nitrogen and oxygen atoms in total.